The van der Waals surface area contributed by atoms with Crippen molar-refractivity contribution in [3.63, 3.8) is 0 Å². The Morgan fingerprint density at radius 3 is 2.57 bits per heavy atom. The van der Waals surface area contributed by atoms with E-state index in [0.29, 0.717) is 6.54 Å². The Balaban J connectivity index is 1.72. The van der Waals surface area contributed by atoms with Gasteiger partial charge in [-0.15, -0.1) is 0 Å². The minimum atomic E-state index is -0.293. The summed E-state index contributed by atoms with van der Waals surface area (Å²) in [5.74, 6) is -0.0214. The van der Waals surface area contributed by atoms with Gasteiger partial charge in [0.1, 0.15) is 0 Å². The van der Waals surface area contributed by atoms with Gasteiger partial charge in [-0.05, 0) is 25.7 Å². The van der Waals surface area contributed by atoms with Crippen molar-refractivity contribution in [1.29, 1.82) is 0 Å². The van der Waals surface area contributed by atoms with Gasteiger partial charge < -0.3 is 5.73 Å². The fourth-order valence-corrected chi connectivity index (χ4v) is 1.93. The lowest BCUT2D eigenvalue weighted by atomic mass is 10.1. The molecule has 0 aliphatic heterocycles. The Bertz CT molecular complexity index is 220. The van der Waals surface area contributed by atoms with Gasteiger partial charge in [-0.2, -0.15) is 0 Å². The summed E-state index contributed by atoms with van der Waals surface area (Å²) in [7, 11) is 0. The number of amides is 1. The average Bonchev–Trinajstić information content (AvgIpc) is 2.84. The molecule has 0 saturated heterocycles. The fraction of sp³-hybridized carbons (Fsp3) is 0.900. The summed E-state index contributed by atoms with van der Waals surface area (Å²) in [4.78, 5) is 16.9. The van der Waals surface area contributed by atoms with Crippen molar-refractivity contribution in [3.8, 4) is 0 Å². The fourth-order valence-electron chi connectivity index (χ4n) is 1.93. The lowest BCUT2D eigenvalue weighted by Crippen LogP contribution is -2.38. The van der Waals surface area contributed by atoms with E-state index in [1.165, 1.54) is 12.8 Å². The summed E-state index contributed by atoms with van der Waals surface area (Å²) in [6, 6.07) is 0. The Labute approximate surface area is 84.1 Å². The first-order chi connectivity index (χ1) is 6.77. The van der Waals surface area contributed by atoms with Gasteiger partial charge in [-0.1, -0.05) is 12.8 Å². The van der Waals surface area contributed by atoms with E-state index in [2.05, 4.69) is 5.48 Å². The molecule has 0 spiro atoms. The molecule has 0 atom stereocenters. The molecule has 4 heteroatoms. The highest BCUT2D eigenvalue weighted by Gasteiger charge is 2.48. The van der Waals surface area contributed by atoms with Crippen molar-refractivity contribution in [2.75, 3.05) is 6.54 Å². The predicted octanol–water partition coefficient (Wildman–Crippen LogP) is 0.716. The Morgan fingerprint density at radius 2 is 2.07 bits per heavy atom. The van der Waals surface area contributed by atoms with Gasteiger partial charge >= 0.3 is 0 Å². The highest BCUT2D eigenvalue weighted by molar-refractivity contribution is 5.84. The SMILES string of the molecule is NCC1(C(=O)NOC2CCCC2)CC1. The molecule has 3 N–H and O–H groups in total. The quantitative estimate of drug-likeness (QED) is 0.654. The molecule has 2 saturated carbocycles. The summed E-state index contributed by atoms with van der Waals surface area (Å²) >= 11 is 0. The Morgan fingerprint density at radius 1 is 1.43 bits per heavy atom. The smallest absolute Gasteiger partial charge is 0.251 e. The van der Waals surface area contributed by atoms with Crippen molar-refractivity contribution in [2.45, 2.75) is 44.6 Å². The molecule has 80 valence electrons. The van der Waals surface area contributed by atoms with Crippen molar-refractivity contribution in [1.82, 2.24) is 5.48 Å². The van der Waals surface area contributed by atoms with Gasteiger partial charge in [0.2, 0.25) is 0 Å². The van der Waals surface area contributed by atoms with Crippen LogP contribution < -0.4 is 11.2 Å². The second kappa shape index (κ2) is 3.87. The van der Waals surface area contributed by atoms with Crippen molar-refractivity contribution in [3.05, 3.63) is 0 Å². The molecule has 0 aromatic heterocycles. The van der Waals surface area contributed by atoms with Crippen molar-refractivity contribution < 1.29 is 9.63 Å². The molecular formula is C10H18N2O2. The average molecular weight is 198 g/mol. The maximum absolute atomic E-state index is 11.6. The summed E-state index contributed by atoms with van der Waals surface area (Å²) in [6.45, 7) is 0.437. The molecule has 4 nitrogen and oxygen atoms in total. The molecule has 1 amide bonds. The third-order valence-corrected chi connectivity index (χ3v) is 3.35. The van der Waals surface area contributed by atoms with E-state index < -0.39 is 0 Å². The molecule has 0 heterocycles. The number of nitrogens with one attached hydrogen (secondary N) is 1. The number of carbonyl (C=O) groups is 1. The summed E-state index contributed by atoms with van der Waals surface area (Å²) in [5, 5.41) is 0. The van der Waals surface area contributed by atoms with Crippen LogP contribution in [-0.4, -0.2) is 18.6 Å². The van der Waals surface area contributed by atoms with E-state index in [9.17, 15) is 4.79 Å². The first-order valence-corrected chi connectivity index (χ1v) is 5.43. The van der Waals surface area contributed by atoms with Crippen LogP contribution in [0, 0.1) is 5.41 Å². The molecule has 0 aromatic carbocycles. The maximum atomic E-state index is 11.6. The predicted molar refractivity (Wildman–Crippen MR) is 52.2 cm³/mol. The molecular weight excluding hydrogens is 180 g/mol. The number of hydrogen-bond donors (Lipinski definition) is 2. The van der Waals surface area contributed by atoms with E-state index in [-0.39, 0.29) is 17.4 Å². The van der Waals surface area contributed by atoms with E-state index in [4.69, 9.17) is 10.6 Å². The molecule has 0 unspecified atom stereocenters. The van der Waals surface area contributed by atoms with E-state index in [0.717, 1.165) is 25.7 Å². The molecule has 2 rings (SSSR count). The van der Waals surface area contributed by atoms with Crippen LogP contribution in [0.4, 0.5) is 0 Å². The van der Waals surface area contributed by atoms with Crippen LogP contribution in [0.1, 0.15) is 38.5 Å². The zero-order chi connectivity index (χ0) is 10.0. The molecule has 0 radical (unpaired) electrons. The van der Waals surface area contributed by atoms with Crippen molar-refractivity contribution in [2.24, 2.45) is 11.1 Å². The van der Waals surface area contributed by atoms with Crippen molar-refractivity contribution >= 4 is 5.91 Å². The minimum absolute atomic E-state index is 0.0214. The Kier molecular flexibility index (Phi) is 2.74. The second-order valence-corrected chi connectivity index (χ2v) is 4.44. The monoisotopic (exact) mass is 198 g/mol. The number of nitrogens with two attached hydrogens (primary N) is 1. The van der Waals surface area contributed by atoms with Crippen LogP contribution in [0.2, 0.25) is 0 Å². The first-order valence-electron chi connectivity index (χ1n) is 5.43. The first kappa shape index (κ1) is 9.93. The van der Waals surface area contributed by atoms with E-state index >= 15 is 0 Å². The number of hydroxylamine groups is 1. The standard InChI is InChI=1S/C10H18N2O2/c11-7-10(5-6-10)9(13)12-14-8-3-1-2-4-8/h8H,1-7,11H2,(H,12,13). The van der Waals surface area contributed by atoms with Gasteiger partial charge in [0.05, 0.1) is 11.5 Å². The molecule has 0 aromatic rings. The van der Waals surface area contributed by atoms with Crippen LogP contribution in [-0.2, 0) is 9.63 Å². The third-order valence-electron chi connectivity index (χ3n) is 3.35. The van der Waals surface area contributed by atoms with Crippen LogP contribution in [0.25, 0.3) is 0 Å². The minimum Gasteiger partial charge on any atom is -0.329 e. The van der Waals surface area contributed by atoms with Crippen LogP contribution in [0.15, 0.2) is 0 Å². The molecule has 2 aliphatic carbocycles. The van der Waals surface area contributed by atoms with Crippen LogP contribution >= 0.6 is 0 Å². The lowest BCUT2D eigenvalue weighted by Gasteiger charge is -2.15. The van der Waals surface area contributed by atoms with Gasteiger partial charge in [0, 0.05) is 6.54 Å². The zero-order valence-electron chi connectivity index (χ0n) is 8.42. The summed E-state index contributed by atoms with van der Waals surface area (Å²) in [6.07, 6.45) is 6.59. The van der Waals surface area contributed by atoms with E-state index in [1.807, 2.05) is 0 Å². The normalized spacial score (nSPS) is 24.9. The molecule has 2 fully saturated rings. The van der Waals surface area contributed by atoms with Gasteiger partial charge in [-0.25, -0.2) is 5.48 Å². The number of hydrogen-bond acceptors (Lipinski definition) is 3. The molecule has 14 heavy (non-hydrogen) atoms. The lowest BCUT2D eigenvalue weighted by molar-refractivity contribution is -0.143. The highest BCUT2D eigenvalue weighted by Crippen LogP contribution is 2.44. The third kappa shape index (κ3) is 1.91. The molecule has 2 aliphatic rings. The summed E-state index contributed by atoms with van der Waals surface area (Å²) < 4.78 is 0. The van der Waals surface area contributed by atoms with Gasteiger partial charge in [0.15, 0.2) is 0 Å². The zero-order valence-corrected chi connectivity index (χ0v) is 8.42. The largest absolute Gasteiger partial charge is 0.329 e. The van der Waals surface area contributed by atoms with Gasteiger partial charge in [-0.3, -0.25) is 9.63 Å². The summed E-state index contributed by atoms with van der Waals surface area (Å²) in [5.41, 5.74) is 7.80. The van der Waals surface area contributed by atoms with Crippen LogP contribution in [0.5, 0.6) is 0 Å². The van der Waals surface area contributed by atoms with E-state index in [1.54, 1.807) is 0 Å². The highest BCUT2D eigenvalue weighted by atomic mass is 16.7. The molecule has 0 bridgehead atoms. The topological polar surface area (TPSA) is 64.4 Å². The van der Waals surface area contributed by atoms with Gasteiger partial charge in [0.25, 0.3) is 5.91 Å². The second-order valence-electron chi connectivity index (χ2n) is 4.44. The number of carbonyl (C=O) groups excluding carboxylic acids is 1. The maximum Gasteiger partial charge on any atom is 0.251 e. The van der Waals surface area contributed by atoms with Crippen LogP contribution in [0.3, 0.4) is 0 Å². The Hall–Kier alpha value is -0.610. The number of rotatable bonds is 4.